The fourth-order valence-electron chi connectivity index (χ4n) is 4.27. The molecule has 19 heavy (non-hydrogen) atoms. The van der Waals surface area contributed by atoms with Crippen molar-refractivity contribution in [2.75, 3.05) is 0 Å². The van der Waals surface area contributed by atoms with Gasteiger partial charge in [-0.25, -0.2) is 0 Å². The Hall–Kier alpha value is -0.530. The van der Waals surface area contributed by atoms with Crippen molar-refractivity contribution >= 4 is 5.91 Å². The van der Waals surface area contributed by atoms with Crippen molar-refractivity contribution in [3.05, 3.63) is 0 Å². The predicted molar refractivity (Wildman–Crippen MR) is 79.8 cm³/mol. The van der Waals surface area contributed by atoms with E-state index in [0.29, 0.717) is 17.9 Å². The molecule has 0 aromatic rings. The molecule has 0 bridgehead atoms. The van der Waals surface area contributed by atoms with E-state index >= 15 is 0 Å². The van der Waals surface area contributed by atoms with Gasteiger partial charge in [0, 0.05) is 12.5 Å². The van der Waals surface area contributed by atoms with Crippen molar-refractivity contribution in [1.82, 2.24) is 5.32 Å². The highest BCUT2D eigenvalue weighted by Gasteiger charge is 2.47. The normalized spacial score (nSPS) is 36.0. The lowest BCUT2D eigenvalue weighted by Crippen LogP contribution is -2.38. The summed E-state index contributed by atoms with van der Waals surface area (Å²) in [5.41, 5.74) is 0.283. The van der Waals surface area contributed by atoms with Crippen molar-refractivity contribution in [2.24, 2.45) is 23.2 Å². The molecule has 1 saturated heterocycles. The Morgan fingerprint density at radius 3 is 2.58 bits per heavy atom. The number of hydrogen-bond acceptors (Lipinski definition) is 1. The van der Waals surface area contributed by atoms with Gasteiger partial charge in [0.2, 0.25) is 5.91 Å². The van der Waals surface area contributed by atoms with Crippen LogP contribution in [0.25, 0.3) is 0 Å². The van der Waals surface area contributed by atoms with Crippen molar-refractivity contribution in [3.63, 3.8) is 0 Å². The summed E-state index contributed by atoms with van der Waals surface area (Å²) in [6, 6.07) is 0.436. The summed E-state index contributed by atoms with van der Waals surface area (Å²) in [6.07, 6.45) is 8.45. The average Bonchev–Trinajstić information content (AvgIpc) is 2.48. The maximum absolute atomic E-state index is 11.9. The van der Waals surface area contributed by atoms with Crippen LogP contribution in [0.4, 0.5) is 0 Å². The second-order valence-electron chi connectivity index (χ2n) is 7.72. The Labute approximate surface area is 118 Å². The second kappa shape index (κ2) is 5.85. The van der Waals surface area contributed by atoms with Gasteiger partial charge in [0.15, 0.2) is 0 Å². The number of carbonyl (C=O) groups is 1. The summed E-state index contributed by atoms with van der Waals surface area (Å²) in [5.74, 6) is 2.64. The van der Waals surface area contributed by atoms with Crippen LogP contribution >= 0.6 is 0 Å². The van der Waals surface area contributed by atoms with E-state index in [1.54, 1.807) is 0 Å². The van der Waals surface area contributed by atoms with Crippen LogP contribution in [0.2, 0.25) is 0 Å². The highest BCUT2D eigenvalue weighted by molar-refractivity contribution is 5.80. The molecule has 1 amide bonds. The number of nitrogens with one attached hydrogen (secondary N) is 1. The average molecular weight is 265 g/mol. The molecule has 1 aliphatic carbocycles. The van der Waals surface area contributed by atoms with Gasteiger partial charge in [-0.3, -0.25) is 4.79 Å². The summed E-state index contributed by atoms with van der Waals surface area (Å²) in [4.78, 5) is 11.9. The van der Waals surface area contributed by atoms with Crippen LogP contribution in [0.1, 0.15) is 72.6 Å². The fourth-order valence-corrected chi connectivity index (χ4v) is 4.27. The minimum atomic E-state index is 0.283. The largest absolute Gasteiger partial charge is 0.353 e. The third kappa shape index (κ3) is 3.32. The van der Waals surface area contributed by atoms with Gasteiger partial charge in [-0.1, -0.05) is 40.5 Å². The van der Waals surface area contributed by atoms with Crippen LogP contribution in [0.5, 0.6) is 0 Å². The first kappa shape index (κ1) is 14.9. The van der Waals surface area contributed by atoms with Crippen LogP contribution in [-0.4, -0.2) is 11.9 Å². The van der Waals surface area contributed by atoms with Crippen LogP contribution in [-0.2, 0) is 4.79 Å². The Morgan fingerprint density at radius 2 is 1.95 bits per heavy atom. The van der Waals surface area contributed by atoms with Gasteiger partial charge in [0.1, 0.15) is 0 Å². The molecule has 110 valence electrons. The van der Waals surface area contributed by atoms with Crippen molar-refractivity contribution in [1.29, 1.82) is 0 Å². The number of hydrogen-bond donors (Lipinski definition) is 1. The highest BCUT2D eigenvalue weighted by Crippen LogP contribution is 2.48. The Kier molecular flexibility index (Phi) is 4.58. The SMILES string of the molecule is CC(C)CC1NC(=O)CC12CCCC(C(C)C)CC2. The zero-order chi connectivity index (χ0) is 14.0. The Morgan fingerprint density at radius 1 is 1.21 bits per heavy atom. The first-order chi connectivity index (χ1) is 8.93. The molecule has 0 radical (unpaired) electrons. The zero-order valence-corrected chi connectivity index (χ0v) is 13.2. The molecule has 1 N–H and O–H groups in total. The third-order valence-electron chi connectivity index (χ3n) is 5.50. The molecule has 1 saturated carbocycles. The molecule has 2 heteroatoms. The van der Waals surface area contributed by atoms with E-state index in [0.717, 1.165) is 24.7 Å². The quantitative estimate of drug-likeness (QED) is 0.816. The number of carbonyl (C=O) groups excluding carboxylic acids is 1. The lowest BCUT2D eigenvalue weighted by molar-refractivity contribution is -0.119. The number of amides is 1. The molecule has 0 aromatic heterocycles. The van der Waals surface area contributed by atoms with Gasteiger partial charge in [-0.05, 0) is 48.9 Å². The van der Waals surface area contributed by atoms with E-state index in [1.807, 2.05) is 0 Å². The van der Waals surface area contributed by atoms with Gasteiger partial charge < -0.3 is 5.32 Å². The Balaban J connectivity index is 2.09. The van der Waals surface area contributed by atoms with Crippen LogP contribution in [0.15, 0.2) is 0 Å². The fraction of sp³-hybridized carbons (Fsp3) is 0.941. The molecule has 1 aliphatic heterocycles. The smallest absolute Gasteiger partial charge is 0.220 e. The van der Waals surface area contributed by atoms with Crippen LogP contribution in [0.3, 0.4) is 0 Å². The van der Waals surface area contributed by atoms with Gasteiger partial charge in [-0.15, -0.1) is 0 Å². The van der Waals surface area contributed by atoms with E-state index in [-0.39, 0.29) is 5.41 Å². The third-order valence-corrected chi connectivity index (χ3v) is 5.50. The molecule has 1 heterocycles. The zero-order valence-electron chi connectivity index (χ0n) is 13.2. The second-order valence-corrected chi connectivity index (χ2v) is 7.72. The molecular weight excluding hydrogens is 234 g/mol. The summed E-state index contributed by atoms with van der Waals surface area (Å²) in [6.45, 7) is 9.25. The van der Waals surface area contributed by atoms with Crippen molar-refractivity contribution in [3.8, 4) is 0 Å². The van der Waals surface area contributed by atoms with Crippen molar-refractivity contribution in [2.45, 2.75) is 78.7 Å². The molecule has 2 rings (SSSR count). The molecular formula is C17H31NO. The molecule has 2 fully saturated rings. The first-order valence-electron chi connectivity index (χ1n) is 8.22. The first-order valence-corrected chi connectivity index (χ1v) is 8.22. The van der Waals surface area contributed by atoms with E-state index in [1.165, 1.54) is 32.1 Å². The standard InChI is InChI=1S/C17H31NO/c1-12(2)10-15-17(11-16(19)18-15)8-5-6-14(7-9-17)13(3)4/h12-15H,5-11H2,1-4H3,(H,18,19). The molecule has 2 nitrogen and oxygen atoms in total. The van der Waals surface area contributed by atoms with E-state index in [4.69, 9.17) is 0 Å². The maximum atomic E-state index is 11.9. The van der Waals surface area contributed by atoms with Gasteiger partial charge in [0.05, 0.1) is 0 Å². The van der Waals surface area contributed by atoms with E-state index in [9.17, 15) is 4.79 Å². The van der Waals surface area contributed by atoms with E-state index < -0.39 is 0 Å². The summed E-state index contributed by atoms with van der Waals surface area (Å²) >= 11 is 0. The number of rotatable bonds is 3. The van der Waals surface area contributed by atoms with Gasteiger partial charge >= 0.3 is 0 Å². The minimum Gasteiger partial charge on any atom is -0.353 e. The van der Waals surface area contributed by atoms with E-state index in [2.05, 4.69) is 33.0 Å². The lowest BCUT2D eigenvalue weighted by atomic mass is 9.71. The maximum Gasteiger partial charge on any atom is 0.220 e. The monoisotopic (exact) mass is 265 g/mol. The van der Waals surface area contributed by atoms with Gasteiger partial charge in [0.25, 0.3) is 0 Å². The molecule has 3 unspecified atom stereocenters. The highest BCUT2D eigenvalue weighted by atomic mass is 16.2. The molecule has 1 spiro atoms. The summed E-state index contributed by atoms with van der Waals surface area (Å²) in [5, 5.41) is 3.28. The van der Waals surface area contributed by atoms with Crippen LogP contribution < -0.4 is 5.32 Å². The molecule has 3 atom stereocenters. The molecule has 0 aromatic carbocycles. The summed E-state index contributed by atoms with van der Waals surface area (Å²) < 4.78 is 0. The van der Waals surface area contributed by atoms with Gasteiger partial charge in [-0.2, -0.15) is 0 Å². The Bertz CT molecular complexity index is 323. The van der Waals surface area contributed by atoms with Crippen molar-refractivity contribution < 1.29 is 4.79 Å². The lowest BCUT2D eigenvalue weighted by Gasteiger charge is -2.34. The topological polar surface area (TPSA) is 29.1 Å². The molecule has 2 aliphatic rings. The van der Waals surface area contributed by atoms with Crippen LogP contribution in [0, 0.1) is 23.2 Å². The summed E-state index contributed by atoms with van der Waals surface area (Å²) in [7, 11) is 0. The minimum absolute atomic E-state index is 0.283. The predicted octanol–water partition coefficient (Wildman–Crippen LogP) is 4.14.